The lowest BCUT2D eigenvalue weighted by molar-refractivity contribution is -0.139. The summed E-state index contributed by atoms with van der Waals surface area (Å²) in [5, 5.41) is 9.69. The molecule has 0 aliphatic carbocycles. The molecular weight excluding hydrogens is 817 g/mol. The number of unbranched alkanes of at least 4 members (excludes halogenated alkanes) is 2. The number of carbonyl (C=O) groups is 4. The summed E-state index contributed by atoms with van der Waals surface area (Å²) in [5.41, 5.74) is 12.1. The van der Waals surface area contributed by atoms with Crippen LogP contribution in [0.2, 0.25) is 0 Å². The van der Waals surface area contributed by atoms with E-state index in [4.69, 9.17) is 25.7 Å². The molecule has 0 fully saturated rings. The fourth-order valence-electron chi connectivity index (χ4n) is 5.48. The minimum Gasteiger partial charge on any atom is -0.507 e. The number of carbonyl (C=O) groups excluding carboxylic acids is 4. The molecule has 0 saturated carbocycles. The van der Waals surface area contributed by atoms with Crippen LogP contribution in [0.5, 0.6) is 11.5 Å². The van der Waals surface area contributed by atoms with Crippen molar-refractivity contribution in [3.63, 3.8) is 0 Å². The topological polar surface area (TPSA) is 168 Å². The number of phenolic OH excluding ortho intramolecular Hbond substituents is 1. The predicted octanol–water partition coefficient (Wildman–Crippen LogP) is 13.5. The number of ether oxygens (including phenoxy) is 3. The third kappa shape index (κ3) is 30.9. The summed E-state index contributed by atoms with van der Waals surface area (Å²) in [6.07, 6.45) is 55.4. The standard InChI is InChI=1S/C28H37NO4.C27H35NO4/c1-3-4-5-6-7-8-9-10-11-12-13-14-15-16-17-18-19-20-27(30)33-28(31)25-22-21-24(29)23-26(25)32-2;1-2-3-4-5-6-7-8-9-10-11-12-13-14-15-16-17-18-19-26(30)32-27(31)24-21-20-23(28)22-25(24)29/h4-5,7-8,10-11,13-14,16-17,21-23H,3,6,9,12,15,18-20,29H2,1-2H3;3-4,6-7,9-10,12-13,15-16,20-22,29H,2,5,8,11,14,17-19,28H2,1H3/b5-4-,8-7-,11-10-,14-13-,17-16-;4-3-,7-6-,10-9-,13-12-,16-15-. The Balaban J connectivity index is 0.000000650. The Bertz CT molecular complexity index is 1990. The van der Waals surface area contributed by atoms with E-state index in [2.05, 4.69) is 123 Å². The number of hydrogen-bond donors (Lipinski definition) is 3. The first-order chi connectivity index (χ1) is 31.6. The van der Waals surface area contributed by atoms with Gasteiger partial charge in [0.2, 0.25) is 0 Å². The molecule has 0 aliphatic rings. The Kier molecular flexibility index (Phi) is 33.8. The Morgan fingerprint density at radius 3 is 1.15 bits per heavy atom. The van der Waals surface area contributed by atoms with Gasteiger partial charge in [-0.2, -0.15) is 0 Å². The van der Waals surface area contributed by atoms with E-state index in [0.29, 0.717) is 24.2 Å². The van der Waals surface area contributed by atoms with Crippen LogP contribution >= 0.6 is 0 Å². The zero-order valence-electron chi connectivity index (χ0n) is 38.8. The maximum atomic E-state index is 12.1. The van der Waals surface area contributed by atoms with Crippen LogP contribution in [0.15, 0.2) is 158 Å². The molecule has 0 spiro atoms. The number of benzene rings is 2. The largest absolute Gasteiger partial charge is 0.507 e. The number of hydrogen-bond acceptors (Lipinski definition) is 10. The van der Waals surface area contributed by atoms with Gasteiger partial charge < -0.3 is 30.8 Å². The second-order valence-corrected chi connectivity index (χ2v) is 14.5. The SMILES string of the molecule is CC/C=C\C/C=C\C/C=C\C/C=C\C/C=C\CCCC(=O)OC(=O)c1ccc(N)cc1O.CC/C=C\C/C=C\C/C=C\C/C=C\C/C=C\CCCC(=O)OC(=O)c1ccc(N)cc1OC. The first-order valence-electron chi connectivity index (χ1n) is 22.6. The van der Waals surface area contributed by atoms with E-state index in [9.17, 15) is 24.3 Å². The van der Waals surface area contributed by atoms with Crippen LogP contribution < -0.4 is 16.2 Å². The van der Waals surface area contributed by atoms with Crippen molar-refractivity contribution in [2.75, 3.05) is 18.6 Å². The van der Waals surface area contributed by atoms with E-state index in [1.165, 1.54) is 37.4 Å². The highest BCUT2D eigenvalue weighted by atomic mass is 16.6. The van der Waals surface area contributed by atoms with E-state index in [0.717, 1.165) is 77.0 Å². The van der Waals surface area contributed by atoms with E-state index in [1.54, 1.807) is 6.07 Å². The van der Waals surface area contributed by atoms with Gasteiger partial charge in [0.25, 0.3) is 0 Å². The molecule has 350 valence electrons. The van der Waals surface area contributed by atoms with Crippen LogP contribution in [-0.4, -0.2) is 36.1 Å². The van der Waals surface area contributed by atoms with Crippen LogP contribution in [0.1, 0.15) is 137 Å². The molecule has 2 aromatic rings. The summed E-state index contributed by atoms with van der Waals surface area (Å²) in [7, 11) is 1.43. The number of aromatic hydroxyl groups is 1. The number of rotatable bonds is 29. The van der Waals surface area contributed by atoms with E-state index < -0.39 is 23.9 Å². The lowest BCUT2D eigenvalue weighted by Crippen LogP contribution is -2.13. The molecule has 0 atom stereocenters. The number of anilines is 2. The van der Waals surface area contributed by atoms with Crippen molar-refractivity contribution in [2.45, 2.75) is 117 Å². The van der Waals surface area contributed by atoms with Gasteiger partial charge in [0, 0.05) is 36.3 Å². The molecule has 2 aromatic carbocycles. The Hall–Kier alpha value is -6.68. The van der Waals surface area contributed by atoms with Crippen LogP contribution in [0.3, 0.4) is 0 Å². The van der Waals surface area contributed by atoms with Crippen molar-refractivity contribution >= 4 is 35.3 Å². The number of methoxy groups -OCH3 is 1. The number of esters is 4. The smallest absolute Gasteiger partial charge is 0.349 e. The van der Waals surface area contributed by atoms with Gasteiger partial charge in [-0.05, 0) is 114 Å². The number of allylic oxidation sites excluding steroid dienone is 20. The first kappa shape index (κ1) is 56.3. The minimum atomic E-state index is -0.873. The van der Waals surface area contributed by atoms with Gasteiger partial charge in [-0.1, -0.05) is 135 Å². The lowest BCUT2D eigenvalue weighted by atomic mass is 10.2. The summed E-state index contributed by atoms with van der Waals surface area (Å²) in [6.45, 7) is 4.27. The number of nitrogen functional groups attached to an aromatic ring is 2. The zero-order chi connectivity index (χ0) is 47.6. The maximum absolute atomic E-state index is 12.1. The summed E-state index contributed by atoms with van der Waals surface area (Å²) in [5.74, 6) is -2.79. The first-order valence-corrected chi connectivity index (χ1v) is 22.6. The fraction of sp³-hybridized carbons (Fsp3) is 0.345. The monoisotopic (exact) mass is 889 g/mol. The van der Waals surface area contributed by atoms with Gasteiger partial charge in [0.05, 0.1) is 7.11 Å². The molecule has 2 rings (SSSR count). The lowest BCUT2D eigenvalue weighted by Gasteiger charge is -2.08. The Morgan fingerprint density at radius 2 is 0.800 bits per heavy atom. The maximum Gasteiger partial charge on any atom is 0.349 e. The highest BCUT2D eigenvalue weighted by molar-refractivity contribution is 6.00. The molecular formula is C55H72N2O8. The van der Waals surface area contributed by atoms with E-state index >= 15 is 0 Å². The van der Waals surface area contributed by atoms with Gasteiger partial charge in [-0.25, -0.2) is 9.59 Å². The molecule has 0 aliphatic heterocycles. The summed E-state index contributed by atoms with van der Waals surface area (Å²) < 4.78 is 14.8. The zero-order valence-corrected chi connectivity index (χ0v) is 38.8. The summed E-state index contributed by atoms with van der Waals surface area (Å²) in [6, 6.07) is 8.59. The highest BCUT2D eigenvalue weighted by Gasteiger charge is 2.18. The van der Waals surface area contributed by atoms with Gasteiger partial charge in [0.15, 0.2) is 0 Å². The van der Waals surface area contributed by atoms with Crippen molar-refractivity contribution in [2.24, 2.45) is 0 Å². The normalized spacial score (nSPS) is 12.1. The molecule has 65 heavy (non-hydrogen) atoms. The number of phenols is 1. The quantitative estimate of drug-likeness (QED) is 0.0235. The minimum absolute atomic E-state index is 0.0784. The van der Waals surface area contributed by atoms with Crippen LogP contribution in [-0.2, 0) is 19.1 Å². The third-order valence-corrected chi connectivity index (χ3v) is 8.92. The van der Waals surface area contributed by atoms with Crippen LogP contribution in [0, 0.1) is 0 Å². The van der Waals surface area contributed by atoms with Gasteiger partial charge in [-0.15, -0.1) is 0 Å². The third-order valence-electron chi connectivity index (χ3n) is 8.92. The van der Waals surface area contributed by atoms with E-state index in [-0.39, 0.29) is 35.5 Å². The molecule has 0 amide bonds. The Morgan fingerprint density at radius 1 is 0.477 bits per heavy atom. The van der Waals surface area contributed by atoms with Crippen molar-refractivity contribution in [1.29, 1.82) is 0 Å². The molecule has 10 heteroatoms. The molecule has 0 saturated heterocycles. The molecule has 10 nitrogen and oxygen atoms in total. The second-order valence-electron chi connectivity index (χ2n) is 14.5. The number of nitrogens with two attached hydrogens (primary N) is 2. The van der Waals surface area contributed by atoms with Crippen molar-refractivity contribution < 1.29 is 38.5 Å². The van der Waals surface area contributed by atoms with E-state index in [1.807, 2.05) is 12.2 Å². The van der Waals surface area contributed by atoms with Gasteiger partial charge in [-0.3, -0.25) is 9.59 Å². The van der Waals surface area contributed by atoms with Crippen LogP contribution in [0.25, 0.3) is 0 Å². The van der Waals surface area contributed by atoms with Gasteiger partial charge >= 0.3 is 23.9 Å². The fourth-order valence-corrected chi connectivity index (χ4v) is 5.48. The van der Waals surface area contributed by atoms with Crippen LogP contribution in [0.4, 0.5) is 11.4 Å². The molecule has 0 unspecified atom stereocenters. The van der Waals surface area contributed by atoms with Crippen molar-refractivity contribution in [3.8, 4) is 11.5 Å². The van der Waals surface area contributed by atoms with Crippen molar-refractivity contribution in [1.82, 2.24) is 0 Å². The Labute approximate surface area is 388 Å². The molecule has 0 bridgehead atoms. The highest BCUT2D eigenvalue weighted by Crippen LogP contribution is 2.23. The average molecular weight is 889 g/mol. The molecule has 5 N–H and O–H groups in total. The second kappa shape index (κ2) is 39.0. The average Bonchev–Trinajstić information content (AvgIpc) is 3.28. The summed E-state index contributed by atoms with van der Waals surface area (Å²) >= 11 is 0. The van der Waals surface area contributed by atoms with Crippen molar-refractivity contribution in [3.05, 3.63) is 169 Å². The summed E-state index contributed by atoms with van der Waals surface area (Å²) in [4.78, 5) is 47.7. The predicted molar refractivity (Wildman–Crippen MR) is 267 cm³/mol. The molecule has 0 aromatic heterocycles. The molecule has 0 radical (unpaired) electrons. The van der Waals surface area contributed by atoms with Gasteiger partial charge in [0.1, 0.15) is 22.6 Å². The molecule has 0 heterocycles.